The number of carbonyl (C=O) groups is 1. The molecule has 31 heavy (non-hydrogen) atoms. The van der Waals surface area contributed by atoms with E-state index in [1.165, 1.54) is 30.3 Å². The molecule has 0 atom stereocenters. The van der Waals surface area contributed by atoms with Gasteiger partial charge in [0.15, 0.2) is 0 Å². The summed E-state index contributed by atoms with van der Waals surface area (Å²) < 4.78 is 7.37. The van der Waals surface area contributed by atoms with E-state index in [2.05, 4.69) is 37.2 Å². The Balaban J connectivity index is 1.89. The molecule has 0 spiro atoms. The van der Waals surface area contributed by atoms with Crippen LogP contribution in [-0.4, -0.2) is 11.0 Å². The molecule has 8 heteroatoms. The summed E-state index contributed by atoms with van der Waals surface area (Å²) in [6.07, 6.45) is 1.45. The summed E-state index contributed by atoms with van der Waals surface area (Å²) in [5.41, 5.74) is 1.68. The smallest absolute Gasteiger partial charge is 0.266 e. The molecule has 3 rings (SSSR count). The number of hydrogen-bond acceptors (Lipinski definition) is 4. The highest BCUT2D eigenvalue weighted by atomic mass is 79.9. The minimum Gasteiger partial charge on any atom is -0.508 e. The van der Waals surface area contributed by atoms with E-state index >= 15 is 0 Å². The van der Waals surface area contributed by atoms with Crippen LogP contribution in [0.2, 0.25) is 5.02 Å². The molecular weight excluding hydrogens is 548 g/mol. The molecule has 156 valence electrons. The maximum atomic E-state index is 12.6. The third-order valence-electron chi connectivity index (χ3n) is 4.16. The quantitative estimate of drug-likeness (QED) is 0.199. The maximum Gasteiger partial charge on any atom is 0.266 e. The molecule has 0 aromatic heterocycles. The molecular formula is C23H15Br2ClN2O3. The molecule has 2 N–H and O–H groups in total. The standard InChI is InChI=1S/C23H15Br2ClN2O3/c24-17-10-15(9-16(12-27)23(30)28-18-5-7-19(29)8-6-18)22(20(25)11-17)31-13-14-3-1-2-4-21(14)26/h1-11,29H,13H2,(H,28,30)/b16-9+. The number of hydrogen-bond donors (Lipinski definition) is 2. The number of phenols is 1. The van der Waals surface area contributed by atoms with Crippen LogP contribution in [0, 0.1) is 11.3 Å². The van der Waals surface area contributed by atoms with Crippen LogP contribution in [0.5, 0.6) is 11.5 Å². The summed E-state index contributed by atoms with van der Waals surface area (Å²) in [7, 11) is 0. The first-order valence-electron chi connectivity index (χ1n) is 8.95. The predicted octanol–water partition coefficient (Wildman–Crippen LogP) is 6.70. The molecule has 0 radical (unpaired) electrons. The summed E-state index contributed by atoms with van der Waals surface area (Å²) in [6.45, 7) is 0.211. The van der Waals surface area contributed by atoms with Crippen LogP contribution >= 0.6 is 43.5 Å². The Morgan fingerprint density at radius 3 is 2.55 bits per heavy atom. The SMILES string of the molecule is N#C/C(=C\c1cc(Br)cc(Br)c1OCc1ccccc1Cl)C(=O)Nc1ccc(O)cc1. The zero-order valence-electron chi connectivity index (χ0n) is 15.9. The number of phenolic OH excluding ortho intramolecular Hbond substituents is 1. The van der Waals surface area contributed by atoms with Crippen molar-refractivity contribution in [2.24, 2.45) is 0 Å². The summed E-state index contributed by atoms with van der Waals surface area (Å²) >= 11 is 13.1. The Kier molecular flexibility index (Phi) is 7.75. The number of benzene rings is 3. The Bertz CT molecular complexity index is 1190. The average Bonchev–Trinajstić information content (AvgIpc) is 2.74. The van der Waals surface area contributed by atoms with Gasteiger partial charge in [-0.1, -0.05) is 45.7 Å². The first-order chi connectivity index (χ1) is 14.9. The fraction of sp³-hybridized carbons (Fsp3) is 0.0435. The van der Waals surface area contributed by atoms with Crippen LogP contribution < -0.4 is 10.1 Å². The van der Waals surface area contributed by atoms with Crippen LogP contribution in [0.25, 0.3) is 6.08 Å². The number of ether oxygens (including phenoxy) is 1. The third kappa shape index (κ3) is 6.11. The lowest BCUT2D eigenvalue weighted by atomic mass is 10.1. The summed E-state index contributed by atoms with van der Waals surface area (Å²) in [5.74, 6) is -0.0389. The van der Waals surface area contributed by atoms with Crippen LogP contribution in [0.3, 0.4) is 0 Å². The third-order valence-corrected chi connectivity index (χ3v) is 5.57. The van der Waals surface area contributed by atoms with Crippen molar-refractivity contribution in [2.45, 2.75) is 6.61 Å². The predicted molar refractivity (Wildman–Crippen MR) is 128 cm³/mol. The Hall–Kier alpha value is -2.79. The first-order valence-corrected chi connectivity index (χ1v) is 10.9. The number of anilines is 1. The second kappa shape index (κ2) is 10.5. The van der Waals surface area contributed by atoms with Gasteiger partial charge in [0.05, 0.1) is 4.47 Å². The first kappa shape index (κ1) is 22.9. The van der Waals surface area contributed by atoms with Crippen LogP contribution in [-0.2, 0) is 11.4 Å². The van der Waals surface area contributed by atoms with Gasteiger partial charge in [0, 0.05) is 26.3 Å². The number of nitriles is 1. The van der Waals surface area contributed by atoms with Gasteiger partial charge in [-0.05, 0) is 64.5 Å². The van der Waals surface area contributed by atoms with Crippen molar-refractivity contribution in [1.82, 2.24) is 0 Å². The molecule has 0 fully saturated rings. The molecule has 1 amide bonds. The van der Waals surface area contributed by atoms with E-state index in [9.17, 15) is 15.2 Å². The van der Waals surface area contributed by atoms with E-state index in [0.29, 0.717) is 26.5 Å². The summed E-state index contributed by atoms with van der Waals surface area (Å²) in [5, 5.41) is 22.1. The molecule has 5 nitrogen and oxygen atoms in total. The lowest BCUT2D eigenvalue weighted by molar-refractivity contribution is -0.112. The van der Waals surface area contributed by atoms with Gasteiger partial charge in [-0.25, -0.2) is 0 Å². The molecule has 0 aliphatic carbocycles. The van der Waals surface area contributed by atoms with Crippen molar-refractivity contribution >= 4 is 61.1 Å². The number of nitrogens with zero attached hydrogens (tertiary/aromatic N) is 1. The van der Waals surface area contributed by atoms with Crippen LogP contribution in [0.15, 0.2) is 75.2 Å². The fourth-order valence-electron chi connectivity index (χ4n) is 2.65. The van der Waals surface area contributed by atoms with E-state index in [4.69, 9.17) is 16.3 Å². The molecule has 0 saturated heterocycles. The zero-order valence-corrected chi connectivity index (χ0v) is 19.8. The Morgan fingerprint density at radius 1 is 1.16 bits per heavy atom. The number of rotatable bonds is 6. The van der Waals surface area contributed by atoms with Gasteiger partial charge in [-0.3, -0.25) is 4.79 Å². The lowest BCUT2D eigenvalue weighted by Gasteiger charge is -2.13. The molecule has 0 aliphatic rings. The largest absolute Gasteiger partial charge is 0.508 e. The van der Waals surface area contributed by atoms with E-state index in [-0.39, 0.29) is 17.9 Å². The second-order valence-corrected chi connectivity index (χ2v) is 8.53. The molecule has 0 bridgehead atoms. The minimum absolute atomic E-state index is 0.0772. The molecule has 0 heterocycles. The van der Waals surface area contributed by atoms with Gasteiger partial charge in [0.25, 0.3) is 5.91 Å². The number of halogens is 3. The van der Waals surface area contributed by atoms with E-state index < -0.39 is 5.91 Å². The average molecular weight is 563 g/mol. The summed E-state index contributed by atoms with van der Waals surface area (Å²) in [6, 6.07) is 18.8. The van der Waals surface area contributed by atoms with Gasteiger partial charge in [-0.2, -0.15) is 5.26 Å². The number of carbonyl (C=O) groups excluding carboxylic acids is 1. The van der Waals surface area contributed by atoms with Gasteiger partial charge in [0.1, 0.15) is 29.7 Å². The number of amides is 1. The van der Waals surface area contributed by atoms with Crippen molar-refractivity contribution in [3.05, 3.63) is 91.3 Å². The van der Waals surface area contributed by atoms with Crippen molar-refractivity contribution in [3.8, 4) is 17.6 Å². The van der Waals surface area contributed by atoms with E-state index in [1.54, 1.807) is 12.1 Å². The van der Waals surface area contributed by atoms with E-state index in [1.807, 2.05) is 30.3 Å². The minimum atomic E-state index is -0.582. The van der Waals surface area contributed by atoms with Crippen LogP contribution in [0.4, 0.5) is 5.69 Å². The van der Waals surface area contributed by atoms with Crippen molar-refractivity contribution in [1.29, 1.82) is 5.26 Å². The lowest BCUT2D eigenvalue weighted by Crippen LogP contribution is -2.13. The van der Waals surface area contributed by atoms with Crippen LogP contribution in [0.1, 0.15) is 11.1 Å². The van der Waals surface area contributed by atoms with Gasteiger partial charge >= 0.3 is 0 Å². The van der Waals surface area contributed by atoms with Crippen molar-refractivity contribution in [3.63, 3.8) is 0 Å². The molecule has 0 unspecified atom stereocenters. The van der Waals surface area contributed by atoms with Gasteiger partial charge in [-0.15, -0.1) is 0 Å². The van der Waals surface area contributed by atoms with E-state index in [0.717, 1.165) is 10.0 Å². The topological polar surface area (TPSA) is 82.3 Å². The van der Waals surface area contributed by atoms with Crippen molar-refractivity contribution < 1.29 is 14.6 Å². The zero-order chi connectivity index (χ0) is 22.4. The normalized spacial score (nSPS) is 11.0. The number of aromatic hydroxyl groups is 1. The highest BCUT2D eigenvalue weighted by molar-refractivity contribution is 9.11. The molecule has 0 saturated carbocycles. The Morgan fingerprint density at radius 2 is 1.87 bits per heavy atom. The fourth-order valence-corrected chi connectivity index (χ4v) is 4.22. The van der Waals surface area contributed by atoms with Gasteiger partial charge < -0.3 is 15.2 Å². The second-order valence-electron chi connectivity index (χ2n) is 6.36. The molecule has 3 aromatic carbocycles. The molecule has 3 aromatic rings. The van der Waals surface area contributed by atoms with Crippen molar-refractivity contribution in [2.75, 3.05) is 5.32 Å². The highest BCUT2D eigenvalue weighted by Gasteiger charge is 2.15. The highest BCUT2D eigenvalue weighted by Crippen LogP contribution is 2.35. The van der Waals surface area contributed by atoms with Gasteiger partial charge in [0.2, 0.25) is 0 Å². The Labute approximate surface area is 201 Å². The maximum absolute atomic E-state index is 12.6. The molecule has 0 aliphatic heterocycles. The number of nitrogens with one attached hydrogen (secondary N) is 1. The summed E-state index contributed by atoms with van der Waals surface area (Å²) in [4.78, 5) is 12.6. The monoisotopic (exact) mass is 560 g/mol.